The summed E-state index contributed by atoms with van der Waals surface area (Å²) in [5.74, 6) is -0.418. The second kappa shape index (κ2) is 4.78. The van der Waals surface area contributed by atoms with Gasteiger partial charge in [-0.2, -0.15) is 0 Å². The van der Waals surface area contributed by atoms with E-state index in [0.29, 0.717) is 18.5 Å². The second-order valence-electron chi connectivity index (χ2n) is 4.33. The Morgan fingerprint density at radius 1 is 1.44 bits per heavy atom. The van der Waals surface area contributed by atoms with Gasteiger partial charge in [0.15, 0.2) is 0 Å². The van der Waals surface area contributed by atoms with E-state index in [-0.39, 0.29) is 11.9 Å². The third-order valence-corrected chi connectivity index (χ3v) is 3.18. The lowest BCUT2D eigenvalue weighted by atomic mass is 9.95. The molecule has 5 nitrogen and oxygen atoms in total. The van der Waals surface area contributed by atoms with Gasteiger partial charge in [-0.3, -0.25) is 4.79 Å². The molecule has 0 spiro atoms. The van der Waals surface area contributed by atoms with Crippen molar-refractivity contribution >= 4 is 17.6 Å². The van der Waals surface area contributed by atoms with E-state index in [1.54, 1.807) is 23.1 Å². The lowest BCUT2D eigenvalue weighted by Crippen LogP contribution is -2.37. The predicted octanol–water partition coefficient (Wildman–Crippen LogP) is 1.23. The molecule has 1 aliphatic heterocycles. The highest BCUT2D eigenvalue weighted by Crippen LogP contribution is 2.33. The van der Waals surface area contributed by atoms with Gasteiger partial charge < -0.3 is 15.4 Å². The van der Waals surface area contributed by atoms with Crippen LogP contribution in [0.5, 0.6) is 0 Å². The van der Waals surface area contributed by atoms with Crippen LogP contribution in [0.1, 0.15) is 35.3 Å². The number of amides is 1. The number of rotatable bonds is 1. The lowest BCUT2D eigenvalue weighted by Gasteiger charge is -2.32. The van der Waals surface area contributed by atoms with E-state index in [1.807, 2.05) is 0 Å². The minimum Gasteiger partial charge on any atom is -0.465 e. The first kappa shape index (κ1) is 12.6. The van der Waals surface area contributed by atoms with Gasteiger partial charge in [0.05, 0.1) is 12.7 Å². The largest absolute Gasteiger partial charge is 0.465 e. The fourth-order valence-corrected chi connectivity index (χ4v) is 2.21. The van der Waals surface area contributed by atoms with E-state index in [4.69, 9.17) is 5.73 Å². The minimum absolute atomic E-state index is 0.0195. The van der Waals surface area contributed by atoms with Crippen LogP contribution in [0.4, 0.5) is 5.69 Å². The molecular weight excluding hydrogens is 232 g/mol. The van der Waals surface area contributed by atoms with E-state index in [1.165, 1.54) is 14.0 Å². The molecule has 0 radical (unpaired) electrons. The predicted molar refractivity (Wildman–Crippen MR) is 67.4 cm³/mol. The zero-order valence-electron chi connectivity index (χ0n) is 10.5. The van der Waals surface area contributed by atoms with Gasteiger partial charge in [-0.1, -0.05) is 0 Å². The Morgan fingerprint density at radius 2 is 2.17 bits per heavy atom. The summed E-state index contributed by atoms with van der Waals surface area (Å²) in [5.41, 5.74) is 8.09. The van der Waals surface area contributed by atoms with Gasteiger partial charge in [0, 0.05) is 25.2 Å². The van der Waals surface area contributed by atoms with E-state index < -0.39 is 5.97 Å². The number of ether oxygens (including phenoxy) is 1. The maximum Gasteiger partial charge on any atom is 0.337 e. The molecule has 1 unspecified atom stereocenters. The number of hydrogen-bond donors (Lipinski definition) is 1. The SMILES string of the molecule is COC(=O)c1ccc2c(c1)C(N)CCN2C(C)=O. The molecule has 0 fully saturated rings. The van der Waals surface area contributed by atoms with E-state index >= 15 is 0 Å². The van der Waals surface area contributed by atoms with Crippen molar-refractivity contribution in [2.75, 3.05) is 18.6 Å². The van der Waals surface area contributed by atoms with Crippen LogP contribution < -0.4 is 10.6 Å². The molecule has 2 N–H and O–H groups in total. The number of hydrogen-bond acceptors (Lipinski definition) is 4. The van der Waals surface area contributed by atoms with Crippen LogP contribution in [0.15, 0.2) is 18.2 Å². The first-order valence-corrected chi connectivity index (χ1v) is 5.80. The smallest absolute Gasteiger partial charge is 0.337 e. The molecule has 1 atom stereocenters. The number of fused-ring (bicyclic) bond motifs is 1. The van der Waals surface area contributed by atoms with Crippen LogP contribution in [0, 0.1) is 0 Å². The first-order chi connectivity index (χ1) is 8.54. The Balaban J connectivity index is 2.47. The molecule has 0 bridgehead atoms. The quantitative estimate of drug-likeness (QED) is 0.759. The van der Waals surface area contributed by atoms with Crippen molar-refractivity contribution in [2.24, 2.45) is 5.73 Å². The Morgan fingerprint density at radius 3 is 2.78 bits per heavy atom. The number of nitrogens with zero attached hydrogens (tertiary/aromatic N) is 1. The number of carbonyl (C=O) groups excluding carboxylic acids is 2. The third-order valence-electron chi connectivity index (χ3n) is 3.18. The van der Waals surface area contributed by atoms with Crippen LogP contribution in [-0.2, 0) is 9.53 Å². The Labute approximate surface area is 106 Å². The molecule has 1 heterocycles. The molecule has 96 valence electrons. The number of nitrogens with two attached hydrogens (primary N) is 1. The van der Waals surface area contributed by atoms with Crippen molar-refractivity contribution in [2.45, 2.75) is 19.4 Å². The van der Waals surface area contributed by atoms with Crippen LogP contribution in [0.2, 0.25) is 0 Å². The van der Waals surface area contributed by atoms with E-state index in [2.05, 4.69) is 4.74 Å². The molecule has 0 saturated carbocycles. The van der Waals surface area contributed by atoms with Crippen LogP contribution in [0.25, 0.3) is 0 Å². The van der Waals surface area contributed by atoms with Crippen LogP contribution >= 0.6 is 0 Å². The van der Waals surface area contributed by atoms with Gasteiger partial charge >= 0.3 is 5.97 Å². The number of carbonyl (C=O) groups is 2. The molecule has 0 aromatic heterocycles. The van der Waals surface area contributed by atoms with Crippen molar-refractivity contribution in [3.8, 4) is 0 Å². The molecule has 18 heavy (non-hydrogen) atoms. The van der Waals surface area contributed by atoms with Crippen molar-refractivity contribution < 1.29 is 14.3 Å². The van der Waals surface area contributed by atoms with Crippen LogP contribution in [0.3, 0.4) is 0 Å². The summed E-state index contributed by atoms with van der Waals surface area (Å²) in [7, 11) is 1.34. The minimum atomic E-state index is -0.398. The summed E-state index contributed by atoms with van der Waals surface area (Å²) in [4.78, 5) is 24.7. The zero-order valence-corrected chi connectivity index (χ0v) is 10.5. The summed E-state index contributed by atoms with van der Waals surface area (Å²) in [5, 5.41) is 0. The molecule has 2 rings (SSSR count). The summed E-state index contributed by atoms with van der Waals surface area (Å²) < 4.78 is 4.68. The van der Waals surface area contributed by atoms with Crippen LogP contribution in [-0.4, -0.2) is 25.5 Å². The summed E-state index contributed by atoms with van der Waals surface area (Å²) in [6, 6.07) is 4.96. The third kappa shape index (κ3) is 2.09. The van der Waals surface area contributed by atoms with Gasteiger partial charge in [0.1, 0.15) is 0 Å². The number of methoxy groups -OCH3 is 1. The normalized spacial score (nSPS) is 18.2. The average Bonchev–Trinajstić information content (AvgIpc) is 2.37. The molecular formula is C13H16N2O3. The second-order valence-corrected chi connectivity index (χ2v) is 4.33. The number of esters is 1. The topological polar surface area (TPSA) is 72.6 Å². The van der Waals surface area contributed by atoms with Gasteiger partial charge in [-0.25, -0.2) is 4.79 Å². The molecule has 0 saturated heterocycles. The Bertz CT molecular complexity index is 499. The molecule has 5 heteroatoms. The zero-order chi connectivity index (χ0) is 13.3. The van der Waals surface area contributed by atoms with Gasteiger partial charge in [0.25, 0.3) is 0 Å². The highest BCUT2D eigenvalue weighted by molar-refractivity contribution is 5.95. The molecule has 1 aliphatic rings. The first-order valence-electron chi connectivity index (χ1n) is 5.80. The van der Waals surface area contributed by atoms with Crippen molar-refractivity contribution in [1.82, 2.24) is 0 Å². The van der Waals surface area contributed by atoms with Crippen molar-refractivity contribution in [1.29, 1.82) is 0 Å². The number of benzene rings is 1. The lowest BCUT2D eigenvalue weighted by molar-refractivity contribution is -0.116. The molecule has 1 aromatic carbocycles. The van der Waals surface area contributed by atoms with E-state index in [0.717, 1.165) is 11.3 Å². The molecule has 1 amide bonds. The average molecular weight is 248 g/mol. The summed E-state index contributed by atoms with van der Waals surface area (Å²) in [6.45, 7) is 2.13. The van der Waals surface area contributed by atoms with Crippen molar-refractivity contribution in [3.63, 3.8) is 0 Å². The number of anilines is 1. The Hall–Kier alpha value is -1.88. The van der Waals surface area contributed by atoms with Gasteiger partial charge in [-0.15, -0.1) is 0 Å². The maximum absolute atomic E-state index is 11.5. The van der Waals surface area contributed by atoms with Gasteiger partial charge in [-0.05, 0) is 30.2 Å². The molecule has 1 aromatic rings. The standard InChI is InChI=1S/C13H16N2O3/c1-8(16)15-6-5-11(14)10-7-9(13(17)18-2)3-4-12(10)15/h3-4,7,11H,5-6,14H2,1-2H3. The fourth-order valence-electron chi connectivity index (χ4n) is 2.21. The highest BCUT2D eigenvalue weighted by Gasteiger charge is 2.25. The highest BCUT2D eigenvalue weighted by atomic mass is 16.5. The summed E-state index contributed by atoms with van der Waals surface area (Å²) >= 11 is 0. The Kier molecular flexibility index (Phi) is 3.34. The van der Waals surface area contributed by atoms with Gasteiger partial charge in [0.2, 0.25) is 5.91 Å². The fraction of sp³-hybridized carbons (Fsp3) is 0.385. The van der Waals surface area contributed by atoms with Crippen molar-refractivity contribution in [3.05, 3.63) is 29.3 Å². The summed E-state index contributed by atoms with van der Waals surface area (Å²) in [6.07, 6.45) is 0.692. The molecule has 0 aliphatic carbocycles. The van der Waals surface area contributed by atoms with E-state index in [9.17, 15) is 9.59 Å². The maximum atomic E-state index is 11.5. The monoisotopic (exact) mass is 248 g/mol.